The Bertz CT molecular complexity index is 466. The maximum absolute atomic E-state index is 3.97. The average Bonchev–Trinajstić information content (AvgIpc) is 2.88. The highest BCUT2D eigenvalue weighted by Crippen LogP contribution is 2.50. The van der Waals surface area contributed by atoms with Gasteiger partial charge in [-0.1, -0.05) is 27.2 Å². The van der Waals surface area contributed by atoms with Crippen LogP contribution in [0, 0.1) is 11.3 Å². The van der Waals surface area contributed by atoms with Crippen LogP contribution >= 0.6 is 11.3 Å². The summed E-state index contributed by atoms with van der Waals surface area (Å²) in [5.41, 5.74) is 2.44. The Morgan fingerprint density at radius 3 is 2.70 bits per heavy atom. The molecule has 0 amide bonds. The molecular formula is C18H29NS. The molecule has 1 nitrogen and oxygen atoms in total. The van der Waals surface area contributed by atoms with Crippen molar-refractivity contribution in [3.63, 3.8) is 0 Å². The molecular weight excluding hydrogens is 262 g/mol. The lowest BCUT2D eigenvalue weighted by molar-refractivity contribution is 0.0894. The Labute approximate surface area is 128 Å². The molecule has 1 unspecified atom stereocenters. The number of hydrogen-bond donors (Lipinski definition) is 1. The van der Waals surface area contributed by atoms with Gasteiger partial charge in [0, 0.05) is 10.9 Å². The van der Waals surface area contributed by atoms with Crippen LogP contribution in [0.1, 0.15) is 70.2 Å². The molecule has 1 atom stereocenters. The number of fused-ring (bicyclic) bond motifs is 2. The predicted octanol–water partition coefficient (Wildman–Crippen LogP) is 5.10. The van der Waals surface area contributed by atoms with Gasteiger partial charge < -0.3 is 5.32 Å². The van der Waals surface area contributed by atoms with Gasteiger partial charge in [-0.2, -0.15) is 0 Å². The second kappa shape index (κ2) is 5.14. The van der Waals surface area contributed by atoms with E-state index in [1.165, 1.54) is 38.5 Å². The Morgan fingerprint density at radius 1 is 1.35 bits per heavy atom. The minimum atomic E-state index is 0.307. The van der Waals surface area contributed by atoms with Crippen LogP contribution in [0.5, 0.6) is 0 Å². The van der Waals surface area contributed by atoms with Gasteiger partial charge in [-0.15, -0.1) is 11.3 Å². The second-order valence-electron chi connectivity index (χ2n) is 7.72. The summed E-state index contributed by atoms with van der Waals surface area (Å²) in [5.74, 6) is 0.903. The molecule has 1 aromatic rings. The van der Waals surface area contributed by atoms with Gasteiger partial charge in [0.15, 0.2) is 0 Å². The molecule has 1 fully saturated rings. The fraction of sp³-hybridized carbons (Fsp3) is 0.778. The maximum Gasteiger partial charge on any atom is 0.0533 e. The maximum atomic E-state index is 3.97. The highest BCUT2D eigenvalue weighted by atomic mass is 32.1. The normalized spacial score (nSPS) is 34.2. The first-order chi connectivity index (χ1) is 9.47. The standard InChI is InChI=1S/C18H29NS/c1-5-17(3,4)15-6-9-18(10-7-15)16-14(8-11-20-16)12-13(2)19-18/h8,11,13,15,19H,5-7,9-10,12H2,1-4H3. The highest BCUT2D eigenvalue weighted by Gasteiger charge is 2.44. The molecule has 112 valence electrons. The van der Waals surface area contributed by atoms with Crippen molar-refractivity contribution in [3.05, 3.63) is 21.9 Å². The van der Waals surface area contributed by atoms with Crippen LogP contribution in [0.2, 0.25) is 0 Å². The van der Waals surface area contributed by atoms with Gasteiger partial charge >= 0.3 is 0 Å². The van der Waals surface area contributed by atoms with E-state index in [-0.39, 0.29) is 0 Å². The number of hydrogen-bond acceptors (Lipinski definition) is 2. The lowest BCUT2D eigenvalue weighted by Gasteiger charge is -2.48. The van der Waals surface area contributed by atoms with Gasteiger partial charge in [0.2, 0.25) is 0 Å². The van der Waals surface area contributed by atoms with Crippen molar-refractivity contribution >= 4 is 11.3 Å². The first-order valence-corrected chi connectivity index (χ1v) is 9.19. The molecule has 0 radical (unpaired) electrons. The van der Waals surface area contributed by atoms with Gasteiger partial charge in [-0.3, -0.25) is 0 Å². The zero-order chi connectivity index (χ0) is 14.4. The number of thiophene rings is 1. The van der Waals surface area contributed by atoms with Crippen molar-refractivity contribution < 1.29 is 0 Å². The van der Waals surface area contributed by atoms with E-state index < -0.39 is 0 Å². The molecule has 20 heavy (non-hydrogen) atoms. The molecule has 1 N–H and O–H groups in total. The third-order valence-electron chi connectivity index (χ3n) is 6.09. The zero-order valence-electron chi connectivity index (χ0n) is 13.5. The second-order valence-corrected chi connectivity index (χ2v) is 8.64. The van der Waals surface area contributed by atoms with E-state index in [0.29, 0.717) is 17.0 Å². The first-order valence-electron chi connectivity index (χ1n) is 8.31. The molecule has 1 spiro atoms. The van der Waals surface area contributed by atoms with E-state index in [1.807, 2.05) is 11.3 Å². The van der Waals surface area contributed by atoms with Crippen LogP contribution in [0.15, 0.2) is 11.4 Å². The largest absolute Gasteiger partial charge is 0.304 e. The van der Waals surface area contributed by atoms with Crippen LogP contribution < -0.4 is 5.32 Å². The summed E-state index contributed by atoms with van der Waals surface area (Å²) in [6.07, 6.45) is 7.96. The SMILES string of the molecule is CCC(C)(C)C1CCC2(CC1)NC(C)Cc1ccsc12. The Balaban J connectivity index is 1.81. The molecule has 0 aromatic carbocycles. The smallest absolute Gasteiger partial charge is 0.0533 e. The van der Waals surface area contributed by atoms with E-state index in [4.69, 9.17) is 0 Å². The summed E-state index contributed by atoms with van der Waals surface area (Å²) >= 11 is 1.98. The summed E-state index contributed by atoms with van der Waals surface area (Å²) < 4.78 is 0. The predicted molar refractivity (Wildman–Crippen MR) is 88.3 cm³/mol. The number of nitrogens with one attached hydrogen (secondary N) is 1. The summed E-state index contributed by atoms with van der Waals surface area (Å²) in [6, 6.07) is 2.99. The van der Waals surface area contributed by atoms with Crippen molar-refractivity contribution in [1.29, 1.82) is 0 Å². The highest BCUT2D eigenvalue weighted by molar-refractivity contribution is 7.10. The topological polar surface area (TPSA) is 12.0 Å². The van der Waals surface area contributed by atoms with Crippen molar-refractivity contribution in [1.82, 2.24) is 5.32 Å². The van der Waals surface area contributed by atoms with Gasteiger partial charge in [-0.25, -0.2) is 0 Å². The van der Waals surface area contributed by atoms with E-state index in [1.54, 1.807) is 10.4 Å². The molecule has 2 heterocycles. The zero-order valence-corrected chi connectivity index (χ0v) is 14.3. The van der Waals surface area contributed by atoms with Crippen molar-refractivity contribution in [3.8, 4) is 0 Å². The van der Waals surface area contributed by atoms with Gasteiger partial charge in [0.25, 0.3) is 0 Å². The molecule has 2 aliphatic rings. The van der Waals surface area contributed by atoms with Gasteiger partial charge in [-0.05, 0) is 67.4 Å². The molecule has 1 saturated carbocycles. The Hall–Kier alpha value is -0.340. The van der Waals surface area contributed by atoms with Crippen LogP contribution in [0.4, 0.5) is 0 Å². The fourth-order valence-corrected chi connectivity index (χ4v) is 5.55. The van der Waals surface area contributed by atoms with E-state index in [9.17, 15) is 0 Å². The Morgan fingerprint density at radius 2 is 2.05 bits per heavy atom. The number of rotatable bonds is 2. The summed E-state index contributed by atoms with van der Waals surface area (Å²) in [6.45, 7) is 9.62. The van der Waals surface area contributed by atoms with Crippen LogP contribution in [0.25, 0.3) is 0 Å². The molecule has 2 heteroatoms. The Kier molecular flexibility index (Phi) is 3.75. The molecule has 1 aliphatic carbocycles. The third-order valence-corrected chi connectivity index (χ3v) is 7.25. The third kappa shape index (κ3) is 2.35. The summed E-state index contributed by atoms with van der Waals surface area (Å²) in [7, 11) is 0. The monoisotopic (exact) mass is 291 g/mol. The van der Waals surface area contributed by atoms with Crippen LogP contribution in [-0.4, -0.2) is 6.04 Å². The van der Waals surface area contributed by atoms with Crippen LogP contribution in [0.3, 0.4) is 0 Å². The summed E-state index contributed by atoms with van der Waals surface area (Å²) in [4.78, 5) is 1.66. The lowest BCUT2D eigenvalue weighted by Crippen LogP contribution is -2.53. The lowest BCUT2D eigenvalue weighted by atomic mass is 9.64. The quantitative estimate of drug-likeness (QED) is 0.799. The molecule has 1 aromatic heterocycles. The van der Waals surface area contributed by atoms with E-state index in [2.05, 4.69) is 44.5 Å². The van der Waals surface area contributed by atoms with E-state index >= 15 is 0 Å². The van der Waals surface area contributed by atoms with Gasteiger partial charge in [0.1, 0.15) is 0 Å². The first kappa shape index (κ1) is 14.6. The van der Waals surface area contributed by atoms with Crippen molar-refractivity contribution in [2.45, 2.75) is 77.8 Å². The molecule has 1 aliphatic heterocycles. The van der Waals surface area contributed by atoms with Crippen molar-refractivity contribution in [2.75, 3.05) is 0 Å². The minimum absolute atomic E-state index is 0.307. The molecule has 0 bridgehead atoms. The van der Waals surface area contributed by atoms with Gasteiger partial charge in [0.05, 0.1) is 5.54 Å². The van der Waals surface area contributed by atoms with Crippen molar-refractivity contribution in [2.24, 2.45) is 11.3 Å². The average molecular weight is 292 g/mol. The minimum Gasteiger partial charge on any atom is -0.304 e. The van der Waals surface area contributed by atoms with Crippen LogP contribution in [-0.2, 0) is 12.0 Å². The summed E-state index contributed by atoms with van der Waals surface area (Å²) in [5, 5.41) is 6.27. The molecule has 3 rings (SSSR count). The molecule has 0 saturated heterocycles. The van der Waals surface area contributed by atoms with E-state index in [0.717, 1.165) is 5.92 Å². The fourth-order valence-electron chi connectivity index (χ4n) is 4.39.